The molecule has 0 aliphatic carbocycles. The van der Waals surface area contributed by atoms with E-state index in [1.165, 1.54) is 68.2 Å². The van der Waals surface area contributed by atoms with Crippen molar-refractivity contribution in [1.29, 1.82) is 0 Å². The van der Waals surface area contributed by atoms with Gasteiger partial charge in [-0.05, 0) is 61.4 Å². The summed E-state index contributed by atoms with van der Waals surface area (Å²) in [5.74, 6) is -3.67. The summed E-state index contributed by atoms with van der Waals surface area (Å²) in [5.41, 5.74) is 32.1. The molecule has 5 saturated heterocycles. The van der Waals surface area contributed by atoms with Crippen LogP contribution < -0.4 is 84.5 Å². The number of aliphatic hydroxyl groups excluding tert-OH is 10. The molecule has 0 spiro atoms. The molecular formula is C67H104N20O35. The second kappa shape index (κ2) is 46.8. The molecule has 0 saturated carbocycles. The minimum atomic E-state index is -1.44. The number of anilines is 5. The fourth-order valence-corrected chi connectivity index (χ4v) is 11.5. The maximum absolute atomic E-state index is 11.9. The van der Waals surface area contributed by atoms with Crippen LogP contribution in [0.2, 0.25) is 0 Å². The molecule has 5 aliphatic rings. The molecule has 55 heteroatoms. The Bertz CT molecular complexity index is 4530. The van der Waals surface area contributed by atoms with Gasteiger partial charge in [-0.1, -0.05) is 48.0 Å². The molecule has 25 atom stereocenters. The summed E-state index contributed by atoms with van der Waals surface area (Å²) in [7, 11) is 0. The number of hydrogen-bond acceptors (Lipinski definition) is 50. The first-order valence-electron chi connectivity index (χ1n) is 37.2. The van der Waals surface area contributed by atoms with Crippen LogP contribution in [-0.4, -0.2) is 310 Å². The highest BCUT2D eigenvalue weighted by Crippen LogP contribution is 2.34. The Morgan fingerprint density at radius 2 is 0.623 bits per heavy atom. The third-order valence-corrected chi connectivity index (χ3v) is 18.8. The Balaban J connectivity index is 0.000000236. The highest BCUT2D eigenvalue weighted by Gasteiger charge is 2.50. The molecule has 30 N–H and O–H groups in total. The lowest BCUT2D eigenvalue weighted by atomic mass is 10.0. The van der Waals surface area contributed by atoms with Gasteiger partial charge < -0.3 is 127 Å². The largest absolute Gasteiger partial charge is 0.462 e. The van der Waals surface area contributed by atoms with Crippen molar-refractivity contribution in [3.8, 4) is 0 Å². The Kier molecular flexibility index (Phi) is 38.6. The van der Waals surface area contributed by atoms with Crippen molar-refractivity contribution >= 4 is 58.9 Å². The van der Waals surface area contributed by atoms with Crippen molar-refractivity contribution in [2.45, 2.75) is 208 Å². The first-order valence-corrected chi connectivity index (χ1v) is 37.2. The molecule has 55 nitrogen and oxygen atoms in total. The number of carbonyl (C=O) groups is 5. The highest BCUT2D eigenvalue weighted by molar-refractivity contribution is 5.77. The Morgan fingerprint density at radius 3 is 0.836 bits per heavy atom. The van der Waals surface area contributed by atoms with Crippen LogP contribution in [0.4, 0.5) is 29.1 Å². The number of ether oxygens (including phenoxy) is 10. The molecule has 0 unspecified atom stereocenters. The maximum Gasteiger partial charge on any atom is 0.351 e. The van der Waals surface area contributed by atoms with Crippen molar-refractivity contribution in [3.05, 3.63) is 114 Å². The summed E-state index contributed by atoms with van der Waals surface area (Å²) < 4.78 is 56.6. The average molecular weight is 1750 g/mol. The number of nitrogens with one attached hydrogen (secondary N) is 5. The number of esters is 5. The van der Waals surface area contributed by atoms with E-state index in [1.807, 2.05) is 27.7 Å². The fourth-order valence-electron chi connectivity index (χ4n) is 11.5. The number of rotatable bonds is 30. The predicted octanol–water partition coefficient (Wildman–Crippen LogP) is -9.93. The van der Waals surface area contributed by atoms with E-state index in [-0.39, 0.29) is 86.4 Å². The normalized spacial score (nSPS) is 27.5. The SMILES string of the molecule is CC(C)C[C@H](N)C(=O)OC[C@H]1O[C@@H](n2ccc(NO)nc2=O)[C@H](O)[C@@H]1O.CC(C)[C@H](N)C(=O)OC[C@H]1O[C@@H](n2ccc(NO)nc2=O)[C@H](O)[C@@H]1O.CC[C@H](C)[C@H](N)C(=O)OC[C@H]1O[C@@H](n2ccc(NO)nc2=O)[C@H](O)[C@@H]1O.C[C@H](N)C(=O)OC[C@H]1O[C@@H](n2ccc(NO)nc2=O)[C@H](O)[C@@H]1O.NCC(=O)OC[C@H]1O[C@@H](n2ccc(NO)nc2=O)[C@H](O)[C@@H]1O. The van der Waals surface area contributed by atoms with E-state index >= 15 is 0 Å². The van der Waals surface area contributed by atoms with Gasteiger partial charge >= 0.3 is 58.3 Å². The Hall–Kier alpha value is -10.2. The van der Waals surface area contributed by atoms with Gasteiger partial charge in [0.2, 0.25) is 0 Å². The zero-order valence-corrected chi connectivity index (χ0v) is 66.3. The molecule has 10 rings (SSSR count). The number of nitrogens with two attached hydrogens (primary N) is 5. The van der Waals surface area contributed by atoms with E-state index < -0.39 is 205 Å². The van der Waals surface area contributed by atoms with Gasteiger partial charge in [-0.2, -0.15) is 24.9 Å². The second-order valence-corrected chi connectivity index (χ2v) is 28.4. The summed E-state index contributed by atoms with van der Waals surface area (Å²) in [6, 6.07) is 3.14. The van der Waals surface area contributed by atoms with E-state index in [1.54, 1.807) is 41.2 Å². The summed E-state index contributed by atoms with van der Waals surface area (Å²) in [6.45, 7) is 10.6. The van der Waals surface area contributed by atoms with Gasteiger partial charge in [0.05, 0.1) is 6.54 Å². The van der Waals surface area contributed by atoms with Crippen LogP contribution in [-0.2, 0) is 71.3 Å². The molecule has 5 aromatic heterocycles. The molecule has 0 amide bonds. The molecule has 5 fully saturated rings. The van der Waals surface area contributed by atoms with Crippen LogP contribution in [0.25, 0.3) is 0 Å². The standard InChI is InChI=1S/2C15H24N4O7.C14H22N4O7.C12H18N4O7.C11H16N4O7/c1-7(2)5-8(16)14(22)25-6-9-11(20)12(21)13(26-9)19-4-3-10(18-24)17-15(19)23;1-3-7(2)10(16)14(22)25-6-8-11(20)12(21)13(26-8)19-5-4-9(18-24)17-15(19)23;1-6(2)9(15)13(21)24-5-7-10(19)11(20)12(25-7)18-4-3-8(17-23)16-14(18)22;1-5(13)11(19)22-4-6-8(17)9(18)10(23-6)16-3-2-7(15-21)14-12(16)20;12-3-7(16)21-4-5-8(17)9(18)10(22-5)15-2-1-6(14-20)13-11(15)19/h3-4,7-9,11-13,20-21,24H,5-6,16H2,1-2H3,(H,17,18,23);4-5,7-8,10-13,20-21,24H,3,6,16H2,1-2H3,(H,17,18,23);3-4,6-7,9-12,19-20,23H,5,15H2,1-2H3,(H,16,17,22);2-3,5-6,8-10,17-18,21H,4,13H2,1H3,(H,14,15,20);1-2,5,8-10,17-18,20H,3-4,12H2,(H,13,14,19)/t8-,9+,11+,12+,13+;7-,8+,10-,11+,12+,13+;7-,9+,10-,11-,12-;5-,6+,8+,9+,10+;5-,8-,9-,10-/m00101/s1. The fraction of sp³-hybridized carbons (Fsp3) is 0.627. The van der Waals surface area contributed by atoms with Gasteiger partial charge in [0, 0.05) is 31.0 Å². The molecular weight excluding hydrogens is 1640 g/mol. The van der Waals surface area contributed by atoms with Gasteiger partial charge in [0.15, 0.2) is 60.2 Å². The summed E-state index contributed by atoms with van der Waals surface area (Å²) in [5, 5.41) is 144. The van der Waals surface area contributed by atoms with E-state index in [4.69, 9.17) is 102 Å². The van der Waals surface area contributed by atoms with Gasteiger partial charge in [0.25, 0.3) is 0 Å². The number of aliphatic hydroxyl groups is 10. The van der Waals surface area contributed by atoms with E-state index in [0.717, 1.165) is 22.8 Å². The zero-order chi connectivity index (χ0) is 91.0. The quantitative estimate of drug-likeness (QED) is 0.0115. The number of aromatic nitrogens is 10. The average Bonchev–Trinajstić information content (AvgIpc) is 1.67. The van der Waals surface area contributed by atoms with E-state index in [0.29, 0.717) is 12.8 Å². The van der Waals surface area contributed by atoms with Gasteiger partial charge in [-0.15, -0.1) is 0 Å². The lowest BCUT2D eigenvalue weighted by Crippen LogP contribution is -2.41. The summed E-state index contributed by atoms with van der Waals surface area (Å²) in [4.78, 5) is 135. The third-order valence-electron chi connectivity index (χ3n) is 18.8. The molecule has 682 valence electrons. The monoisotopic (exact) mass is 1750 g/mol. The van der Waals surface area contributed by atoms with E-state index in [9.17, 15) is 99.0 Å². The van der Waals surface area contributed by atoms with Crippen LogP contribution >= 0.6 is 0 Å². The Morgan fingerprint density at radius 1 is 0.385 bits per heavy atom. The molecule has 122 heavy (non-hydrogen) atoms. The topological polar surface area (TPSA) is 846 Å². The van der Waals surface area contributed by atoms with Crippen LogP contribution in [0.15, 0.2) is 85.3 Å². The molecule has 0 aromatic carbocycles. The van der Waals surface area contributed by atoms with Gasteiger partial charge in [-0.3, -0.25) is 100 Å². The minimum absolute atomic E-state index is 0.0708. The molecule has 5 aliphatic heterocycles. The van der Waals surface area contributed by atoms with Crippen molar-refractivity contribution in [1.82, 2.24) is 47.8 Å². The van der Waals surface area contributed by atoms with Crippen LogP contribution in [0.5, 0.6) is 0 Å². The van der Waals surface area contributed by atoms with Gasteiger partial charge in [0.1, 0.15) is 149 Å². The van der Waals surface area contributed by atoms with Crippen molar-refractivity contribution in [2.24, 2.45) is 46.4 Å². The first kappa shape index (κ1) is 101. The smallest absolute Gasteiger partial charge is 0.351 e. The Labute approximate surface area is 688 Å². The summed E-state index contributed by atoms with van der Waals surface area (Å²) in [6.07, 6.45) is -17.9. The second-order valence-electron chi connectivity index (χ2n) is 28.4. The van der Waals surface area contributed by atoms with Gasteiger partial charge in [-0.25, -0.2) is 24.0 Å². The predicted molar refractivity (Wildman–Crippen MR) is 404 cm³/mol. The minimum Gasteiger partial charge on any atom is -0.462 e. The number of nitrogens with zero attached hydrogens (tertiary/aromatic N) is 10. The number of carbonyl (C=O) groups excluding carboxylic acids is 5. The lowest BCUT2D eigenvalue weighted by Gasteiger charge is -2.19. The maximum atomic E-state index is 11.9. The van der Waals surface area contributed by atoms with Crippen molar-refractivity contribution in [2.75, 3.05) is 67.0 Å². The first-order chi connectivity index (χ1) is 57.6. The van der Waals surface area contributed by atoms with E-state index in [2.05, 4.69) is 24.9 Å². The zero-order valence-electron chi connectivity index (χ0n) is 66.3. The number of hydrogen-bond donors (Lipinski definition) is 25. The lowest BCUT2D eigenvalue weighted by molar-refractivity contribution is -0.153. The van der Waals surface area contributed by atoms with Crippen LogP contribution in [0.3, 0.4) is 0 Å². The molecule has 0 radical (unpaired) electrons. The third kappa shape index (κ3) is 26.4. The molecule has 10 heterocycles. The van der Waals surface area contributed by atoms with Crippen molar-refractivity contribution < 1.29 is 148 Å². The summed E-state index contributed by atoms with van der Waals surface area (Å²) >= 11 is 0. The molecule has 0 bridgehead atoms. The van der Waals surface area contributed by atoms with Crippen LogP contribution in [0, 0.1) is 17.8 Å². The highest BCUT2D eigenvalue weighted by atomic mass is 16.6. The van der Waals surface area contributed by atoms with Crippen molar-refractivity contribution in [3.63, 3.8) is 0 Å². The molecule has 5 aromatic rings. The van der Waals surface area contributed by atoms with Crippen LogP contribution in [0.1, 0.15) is 92.4 Å².